The average Bonchev–Trinajstić information content (AvgIpc) is 3.38. The number of guanidine groups is 1. The molecule has 3 saturated heterocycles. The Morgan fingerprint density at radius 3 is 2.33 bits per heavy atom. The fourth-order valence-electron chi connectivity index (χ4n) is 4.77. The van der Waals surface area contributed by atoms with Crippen LogP contribution in [-0.2, 0) is 14.3 Å². The van der Waals surface area contributed by atoms with Gasteiger partial charge in [0.05, 0.1) is 19.3 Å². The van der Waals surface area contributed by atoms with Crippen molar-refractivity contribution in [3.05, 3.63) is 35.4 Å². The largest absolute Gasteiger partial charge is 0.379 e. The molecule has 0 radical (unpaired) electrons. The summed E-state index contributed by atoms with van der Waals surface area (Å²) < 4.78 is 11.2. The van der Waals surface area contributed by atoms with Crippen molar-refractivity contribution in [2.75, 3.05) is 72.7 Å². The van der Waals surface area contributed by atoms with E-state index in [9.17, 15) is 4.79 Å². The molecule has 1 N–H and O–H groups in total. The molecule has 9 heteroatoms. The fourth-order valence-corrected chi connectivity index (χ4v) is 4.77. The molecule has 33 heavy (non-hydrogen) atoms. The predicted molar refractivity (Wildman–Crippen MR) is 140 cm³/mol. The molecule has 0 aliphatic carbocycles. The van der Waals surface area contributed by atoms with Crippen molar-refractivity contribution in [2.24, 2.45) is 4.99 Å². The average molecular weight is 572 g/mol. The quantitative estimate of drug-likeness (QED) is 0.331. The number of nitrogens with one attached hydrogen (secondary N) is 1. The number of carbonyl (C=O) groups is 1. The van der Waals surface area contributed by atoms with Gasteiger partial charge in [-0.05, 0) is 25.3 Å². The molecule has 8 nitrogen and oxygen atoms in total. The molecule has 0 spiro atoms. The molecular weight excluding hydrogens is 533 g/mol. The lowest BCUT2D eigenvalue weighted by Crippen LogP contribution is -2.56. The van der Waals surface area contributed by atoms with Crippen LogP contribution in [0.2, 0.25) is 0 Å². The Labute approximate surface area is 214 Å². The van der Waals surface area contributed by atoms with E-state index in [2.05, 4.69) is 51.3 Å². The van der Waals surface area contributed by atoms with Crippen LogP contribution in [0.3, 0.4) is 0 Å². The van der Waals surface area contributed by atoms with E-state index in [1.165, 1.54) is 11.1 Å². The minimum absolute atomic E-state index is 0. The first-order valence-electron chi connectivity index (χ1n) is 11.9. The standard InChI is InChI=1S/C24H37N5O3.HI/c1-19-5-7-20(8-6-19)21(27-13-16-31-17-14-27)18-26-24(25-2)29-11-9-28(10-12-29)23(30)22-4-3-15-32-22;/h5-8,21-22H,3-4,9-18H2,1-2H3,(H,25,26);1H. The number of aryl methyl sites for hydroxylation is 1. The zero-order valence-corrected chi connectivity index (χ0v) is 22.2. The first-order chi connectivity index (χ1) is 15.7. The fraction of sp³-hybridized carbons (Fsp3) is 0.667. The van der Waals surface area contributed by atoms with Crippen molar-refractivity contribution in [1.82, 2.24) is 20.0 Å². The number of rotatable bonds is 5. The Balaban J connectivity index is 0.00000306. The summed E-state index contributed by atoms with van der Waals surface area (Å²) in [5.74, 6) is 1.05. The zero-order valence-electron chi connectivity index (χ0n) is 19.9. The van der Waals surface area contributed by atoms with Crippen LogP contribution in [-0.4, -0.2) is 105 Å². The van der Waals surface area contributed by atoms with Crippen LogP contribution < -0.4 is 5.32 Å². The van der Waals surface area contributed by atoms with Crippen LogP contribution in [0.5, 0.6) is 0 Å². The maximum absolute atomic E-state index is 12.6. The van der Waals surface area contributed by atoms with Gasteiger partial charge in [-0.1, -0.05) is 29.8 Å². The SMILES string of the molecule is CN=C(NCC(c1ccc(C)cc1)N1CCOCC1)N1CCN(C(=O)C2CCCO2)CC1.I. The van der Waals surface area contributed by atoms with Crippen LogP contribution in [0, 0.1) is 6.92 Å². The smallest absolute Gasteiger partial charge is 0.251 e. The van der Waals surface area contributed by atoms with E-state index in [-0.39, 0.29) is 42.0 Å². The molecule has 184 valence electrons. The number of hydrogen-bond donors (Lipinski definition) is 1. The molecule has 0 saturated carbocycles. The molecule has 1 amide bonds. The molecule has 3 fully saturated rings. The number of ether oxygens (including phenoxy) is 2. The van der Waals surface area contributed by atoms with E-state index in [0.29, 0.717) is 19.7 Å². The first kappa shape index (κ1) is 26.2. The minimum Gasteiger partial charge on any atom is -0.379 e. The van der Waals surface area contributed by atoms with Crippen molar-refractivity contribution < 1.29 is 14.3 Å². The highest BCUT2D eigenvalue weighted by atomic mass is 127. The van der Waals surface area contributed by atoms with Crippen LogP contribution in [0.15, 0.2) is 29.3 Å². The highest BCUT2D eigenvalue weighted by Gasteiger charge is 2.31. The number of morpholine rings is 1. The van der Waals surface area contributed by atoms with Gasteiger partial charge in [0.25, 0.3) is 5.91 Å². The lowest BCUT2D eigenvalue weighted by atomic mass is 10.0. The van der Waals surface area contributed by atoms with Crippen molar-refractivity contribution in [3.63, 3.8) is 0 Å². The third-order valence-corrected chi connectivity index (χ3v) is 6.71. The van der Waals surface area contributed by atoms with Gasteiger partial charge >= 0.3 is 0 Å². The number of carbonyl (C=O) groups excluding carboxylic acids is 1. The van der Waals surface area contributed by atoms with Gasteiger partial charge in [-0.2, -0.15) is 0 Å². The first-order valence-corrected chi connectivity index (χ1v) is 11.9. The Kier molecular flexibility index (Phi) is 10.2. The van der Waals surface area contributed by atoms with E-state index in [0.717, 1.165) is 64.7 Å². The number of aliphatic imine (C=N–C) groups is 1. The molecule has 1 aromatic rings. The van der Waals surface area contributed by atoms with Gasteiger partial charge < -0.3 is 24.6 Å². The highest BCUT2D eigenvalue weighted by Crippen LogP contribution is 2.22. The van der Waals surface area contributed by atoms with Crippen LogP contribution in [0.1, 0.15) is 30.0 Å². The van der Waals surface area contributed by atoms with Crippen molar-refractivity contribution in [1.29, 1.82) is 0 Å². The Morgan fingerprint density at radius 1 is 1.06 bits per heavy atom. The van der Waals surface area contributed by atoms with Gasteiger partial charge in [0.15, 0.2) is 5.96 Å². The number of halogens is 1. The predicted octanol–water partition coefficient (Wildman–Crippen LogP) is 1.88. The number of piperazine rings is 1. The summed E-state index contributed by atoms with van der Waals surface area (Å²) in [4.78, 5) is 23.9. The maximum Gasteiger partial charge on any atom is 0.251 e. The number of nitrogens with zero attached hydrogens (tertiary/aromatic N) is 4. The molecule has 0 aromatic heterocycles. The van der Waals surface area contributed by atoms with Gasteiger partial charge in [-0.25, -0.2) is 0 Å². The second kappa shape index (κ2) is 12.9. The van der Waals surface area contributed by atoms with E-state index in [1.54, 1.807) is 0 Å². The molecule has 0 bridgehead atoms. The monoisotopic (exact) mass is 571 g/mol. The number of benzene rings is 1. The molecular formula is C24H38IN5O3. The van der Waals surface area contributed by atoms with E-state index < -0.39 is 0 Å². The van der Waals surface area contributed by atoms with Gasteiger partial charge in [0, 0.05) is 59.5 Å². The van der Waals surface area contributed by atoms with Crippen molar-refractivity contribution in [2.45, 2.75) is 31.9 Å². The molecule has 3 aliphatic heterocycles. The summed E-state index contributed by atoms with van der Waals surface area (Å²) >= 11 is 0. The minimum atomic E-state index is -0.234. The normalized spacial score (nSPS) is 23.2. The maximum atomic E-state index is 12.6. The van der Waals surface area contributed by atoms with Crippen molar-refractivity contribution >= 4 is 35.8 Å². The third kappa shape index (κ3) is 6.80. The zero-order chi connectivity index (χ0) is 22.3. The van der Waals surface area contributed by atoms with E-state index in [1.807, 2.05) is 11.9 Å². The lowest BCUT2D eigenvalue weighted by molar-refractivity contribution is -0.142. The molecule has 4 rings (SSSR count). The van der Waals surface area contributed by atoms with Crippen LogP contribution >= 0.6 is 24.0 Å². The molecule has 2 unspecified atom stereocenters. The van der Waals surface area contributed by atoms with Gasteiger partial charge in [-0.3, -0.25) is 14.7 Å². The van der Waals surface area contributed by atoms with Gasteiger partial charge in [0.2, 0.25) is 0 Å². The highest BCUT2D eigenvalue weighted by molar-refractivity contribution is 14.0. The summed E-state index contributed by atoms with van der Waals surface area (Å²) in [5.41, 5.74) is 2.58. The number of hydrogen-bond acceptors (Lipinski definition) is 5. The lowest BCUT2D eigenvalue weighted by Gasteiger charge is -2.39. The molecule has 3 heterocycles. The topological polar surface area (TPSA) is 69.6 Å². The molecule has 2 atom stereocenters. The Hall–Kier alpha value is -1.43. The number of amides is 1. The molecule has 1 aromatic carbocycles. The van der Waals surface area contributed by atoms with Crippen molar-refractivity contribution in [3.8, 4) is 0 Å². The Morgan fingerprint density at radius 2 is 1.73 bits per heavy atom. The molecule has 3 aliphatic rings. The second-order valence-corrected chi connectivity index (χ2v) is 8.82. The Bertz CT molecular complexity index is 771. The second-order valence-electron chi connectivity index (χ2n) is 8.82. The van der Waals surface area contributed by atoms with Crippen LogP contribution in [0.25, 0.3) is 0 Å². The summed E-state index contributed by atoms with van der Waals surface area (Å²) in [5, 5.41) is 3.61. The van der Waals surface area contributed by atoms with E-state index in [4.69, 9.17) is 9.47 Å². The van der Waals surface area contributed by atoms with Gasteiger partial charge in [0.1, 0.15) is 6.10 Å². The third-order valence-electron chi connectivity index (χ3n) is 6.71. The summed E-state index contributed by atoms with van der Waals surface area (Å²) in [6.07, 6.45) is 1.60. The summed E-state index contributed by atoms with van der Waals surface area (Å²) in [7, 11) is 1.84. The summed E-state index contributed by atoms with van der Waals surface area (Å²) in [6, 6.07) is 9.09. The van der Waals surface area contributed by atoms with Crippen LogP contribution in [0.4, 0.5) is 0 Å². The van der Waals surface area contributed by atoms with E-state index >= 15 is 0 Å². The van der Waals surface area contributed by atoms with Gasteiger partial charge in [-0.15, -0.1) is 24.0 Å². The summed E-state index contributed by atoms with van der Waals surface area (Å²) in [6.45, 7) is 10.0.